The van der Waals surface area contributed by atoms with Crippen molar-refractivity contribution in [2.24, 2.45) is 0 Å². The number of hydrogen-bond acceptors (Lipinski definition) is 5. The van der Waals surface area contributed by atoms with E-state index in [-0.39, 0.29) is 22.4 Å². The van der Waals surface area contributed by atoms with Crippen molar-refractivity contribution < 1.29 is 27.6 Å². The highest BCUT2D eigenvalue weighted by atomic mass is 19.1. The highest BCUT2D eigenvalue weighted by molar-refractivity contribution is 6.25. The van der Waals surface area contributed by atoms with Gasteiger partial charge in [-0.05, 0) is 60.2 Å². The fourth-order valence-electron chi connectivity index (χ4n) is 5.12. The lowest BCUT2D eigenvalue weighted by Gasteiger charge is -2.38. The summed E-state index contributed by atoms with van der Waals surface area (Å²) in [6.07, 6.45) is 0. The molecule has 3 aromatic rings. The molecule has 0 aliphatic carbocycles. The molecule has 0 saturated heterocycles. The zero-order chi connectivity index (χ0) is 23.1. The third-order valence-electron chi connectivity index (χ3n) is 6.51. The van der Waals surface area contributed by atoms with Crippen LogP contribution in [0.4, 0.5) is 30.2 Å². The molecule has 3 aromatic carbocycles. The highest BCUT2D eigenvalue weighted by Crippen LogP contribution is 2.51. The van der Waals surface area contributed by atoms with E-state index in [0.29, 0.717) is 11.4 Å². The van der Waals surface area contributed by atoms with Crippen LogP contribution in [0, 0.1) is 17.5 Å². The molecule has 33 heavy (non-hydrogen) atoms. The Morgan fingerprint density at radius 1 is 0.727 bits per heavy atom. The molecular formula is C24H14F3N3O3. The molecule has 6 rings (SSSR count). The predicted octanol–water partition coefficient (Wildman–Crippen LogP) is 3.86. The summed E-state index contributed by atoms with van der Waals surface area (Å²) in [6, 6.07) is 9.41. The summed E-state index contributed by atoms with van der Waals surface area (Å²) in [5.41, 5.74) is -0.955. The van der Waals surface area contributed by atoms with Crippen molar-refractivity contribution in [1.29, 1.82) is 0 Å². The van der Waals surface area contributed by atoms with Crippen molar-refractivity contribution in [3.63, 3.8) is 0 Å². The first-order valence-electron chi connectivity index (χ1n) is 10.1. The average Bonchev–Trinajstić information content (AvgIpc) is 3.38. The number of hydrogen-bond donors (Lipinski definition) is 3. The Morgan fingerprint density at radius 3 is 2.06 bits per heavy atom. The van der Waals surface area contributed by atoms with Crippen LogP contribution in [0.2, 0.25) is 0 Å². The Hall–Kier alpha value is -4.14. The van der Waals surface area contributed by atoms with Crippen LogP contribution >= 0.6 is 0 Å². The largest absolute Gasteiger partial charge is 0.372 e. The zero-order valence-electron chi connectivity index (χ0n) is 16.7. The molecule has 0 radical (unpaired) electrons. The number of fused-ring (bicyclic) bond motifs is 3. The second-order valence-corrected chi connectivity index (χ2v) is 8.30. The summed E-state index contributed by atoms with van der Waals surface area (Å²) >= 11 is 0. The molecule has 6 nitrogen and oxygen atoms in total. The van der Waals surface area contributed by atoms with Gasteiger partial charge in [0, 0.05) is 28.2 Å². The molecule has 0 saturated carbocycles. The summed E-state index contributed by atoms with van der Waals surface area (Å²) in [5.74, 6) is -5.20. The van der Waals surface area contributed by atoms with Crippen molar-refractivity contribution in [3.05, 3.63) is 88.7 Å². The van der Waals surface area contributed by atoms with Crippen LogP contribution in [0.1, 0.15) is 32.2 Å². The normalized spacial score (nSPS) is 24.6. The third kappa shape index (κ3) is 2.53. The quantitative estimate of drug-likeness (QED) is 0.553. The van der Waals surface area contributed by atoms with E-state index in [2.05, 4.69) is 16.0 Å². The number of benzene rings is 3. The van der Waals surface area contributed by atoms with Gasteiger partial charge >= 0.3 is 0 Å². The SMILES string of the molecule is O=C1c2cc(F)ccc2NC1C1(C2C(=O)Nc3ccc(F)cc32)Nc2ccc(F)cc2C1=O. The minimum Gasteiger partial charge on any atom is -0.372 e. The molecule has 0 aromatic heterocycles. The van der Waals surface area contributed by atoms with Gasteiger partial charge in [-0.2, -0.15) is 0 Å². The Bertz CT molecular complexity index is 1420. The molecule has 0 spiro atoms. The molecule has 164 valence electrons. The topological polar surface area (TPSA) is 87.3 Å². The van der Waals surface area contributed by atoms with Gasteiger partial charge < -0.3 is 16.0 Å². The first-order chi connectivity index (χ1) is 15.8. The number of rotatable bonds is 2. The smallest absolute Gasteiger partial charge is 0.234 e. The number of anilines is 3. The van der Waals surface area contributed by atoms with E-state index in [9.17, 15) is 27.6 Å². The van der Waals surface area contributed by atoms with Gasteiger partial charge in [0.25, 0.3) is 0 Å². The maximum Gasteiger partial charge on any atom is 0.234 e. The minimum atomic E-state index is -1.95. The summed E-state index contributed by atoms with van der Waals surface area (Å²) in [6.45, 7) is 0. The summed E-state index contributed by atoms with van der Waals surface area (Å²) in [4.78, 5) is 40.5. The Balaban J connectivity index is 1.58. The van der Waals surface area contributed by atoms with Crippen LogP contribution in [0.25, 0.3) is 0 Å². The molecule has 3 aliphatic rings. The molecule has 3 aliphatic heterocycles. The number of Topliss-reactive ketones (excluding diaryl/α,β-unsaturated/α-hetero) is 2. The molecule has 3 N–H and O–H groups in total. The lowest BCUT2D eigenvalue weighted by atomic mass is 9.71. The number of ketones is 2. The van der Waals surface area contributed by atoms with Crippen LogP contribution < -0.4 is 16.0 Å². The lowest BCUT2D eigenvalue weighted by molar-refractivity contribution is -0.117. The van der Waals surface area contributed by atoms with Crippen molar-refractivity contribution in [3.8, 4) is 0 Å². The monoisotopic (exact) mass is 449 g/mol. The Morgan fingerprint density at radius 2 is 1.33 bits per heavy atom. The molecule has 3 heterocycles. The van der Waals surface area contributed by atoms with E-state index in [4.69, 9.17) is 0 Å². The summed E-state index contributed by atoms with van der Waals surface area (Å²) < 4.78 is 42.1. The molecule has 3 unspecified atom stereocenters. The molecule has 1 amide bonds. The van der Waals surface area contributed by atoms with Crippen molar-refractivity contribution in [2.45, 2.75) is 17.5 Å². The molecule has 0 bridgehead atoms. The maximum absolute atomic E-state index is 14.2. The van der Waals surface area contributed by atoms with Crippen molar-refractivity contribution in [2.75, 3.05) is 16.0 Å². The van der Waals surface area contributed by atoms with Gasteiger partial charge in [0.1, 0.15) is 29.0 Å². The predicted molar refractivity (Wildman–Crippen MR) is 113 cm³/mol. The van der Waals surface area contributed by atoms with E-state index >= 15 is 0 Å². The first kappa shape index (κ1) is 19.5. The number of halogens is 3. The molecule has 0 fully saturated rings. The highest BCUT2D eigenvalue weighted by Gasteiger charge is 2.64. The Kier molecular flexibility index (Phi) is 3.81. The summed E-state index contributed by atoms with van der Waals surface area (Å²) in [5, 5.41) is 8.59. The van der Waals surface area contributed by atoms with Gasteiger partial charge in [0.2, 0.25) is 5.91 Å². The van der Waals surface area contributed by atoms with Gasteiger partial charge in [-0.15, -0.1) is 0 Å². The van der Waals surface area contributed by atoms with E-state index in [0.717, 1.165) is 30.3 Å². The number of nitrogens with one attached hydrogen (secondary N) is 3. The molecule has 3 atom stereocenters. The van der Waals surface area contributed by atoms with E-state index < -0.39 is 52.4 Å². The average molecular weight is 449 g/mol. The van der Waals surface area contributed by atoms with Crippen LogP contribution in [0.15, 0.2) is 54.6 Å². The van der Waals surface area contributed by atoms with Crippen LogP contribution in [-0.4, -0.2) is 29.1 Å². The third-order valence-corrected chi connectivity index (χ3v) is 6.51. The van der Waals surface area contributed by atoms with Crippen LogP contribution in [0.5, 0.6) is 0 Å². The van der Waals surface area contributed by atoms with Gasteiger partial charge in [0.15, 0.2) is 11.6 Å². The van der Waals surface area contributed by atoms with Crippen molar-refractivity contribution in [1.82, 2.24) is 0 Å². The Labute approximate surface area is 184 Å². The van der Waals surface area contributed by atoms with E-state index in [1.54, 1.807) is 0 Å². The van der Waals surface area contributed by atoms with Gasteiger partial charge in [-0.3, -0.25) is 14.4 Å². The zero-order valence-corrected chi connectivity index (χ0v) is 16.7. The number of carbonyl (C=O) groups excluding carboxylic acids is 3. The van der Waals surface area contributed by atoms with Gasteiger partial charge in [-0.1, -0.05) is 0 Å². The second-order valence-electron chi connectivity index (χ2n) is 8.30. The van der Waals surface area contributed by atoms with Crippen LogP contribution in [0.3, 0.4) is 0 Å². The first-order valence-corrected chi connectivity index (χ1v) is 10.1. The van der Waals surface area contributed by atoms with E-state index in [1.165, 1.54) is 24.3 Å². The van der Waals surface area contributed by atoms with Crippen molar-refractivity contribution >= 4 is 34.5 Å². The molecule has 9 heteroatoms. The second kappa shape index (κ2) is 6.44. The number of amides is 1. The minimum absolute atomic E-state index is 0.0222. The summed E-state index contributed by atoms with van der Waals surface area (Å²) in [7, 11) is 0. The van der Waals surface area contributed by atoms with Crippen LogP contribution in [-0.2, 0) is 4.79 Å². The lowest BCUT2D eigenvalue weighted by Crippen LogP contribution is -2.62. The molecular weight excluding hydrogens is 435 g/mol. The maximum atomic E-state index is 14.2. The van der Waals surface area contributed by atoms with Gasteiger partial charge in [0.05, 0.1) is 5.92 Å². The van der Waals surface area contributed by atoms with Gasteiger partial charge in [-0.25, -0.2) is 13.2 Å². The van der Waals surface area contributed by atoms with E-state index in [1.807, 2.05) is 0 Å². The standard InChI is InChI=1S/C24H14F3N3O3/c25-10-1-4-16-13(7-10)19(23(33)29-16)24(22(32)15-9-12(27)3-6-18(15)30-24)21-20(31)14-8-11(26)2-5-17(14)28-21/h1-9,19,21,28,30H,(H,29,33). The fraction of sp³-hybridized carbons (Fsp3) is 0.125. The fourth-order valence-corrected chi connectivity index (χ4v) is 5.12. The number of carbonyl (C=O) groups is 3.